The number of hydrogen-bond acceptors (Lipinski definition) is 2. The highest BCUT2D eigenvalue weighted by atomic mass is 19.3. The minimum Gasteiger partial charge on any atom is -0.435 e. The zero-order valence-electron chi connectivity index (χ0n) is 13.0. The van der Waals surface area contributed by atoms with Gasteiger partial charge < -0.3 is 14.5 Å². The van der Waals surface area contributed by atoms with Gasteiger partial charge in [0.15, 0.2) is 6.54 Å². The predicted molar refractivity (Wildman–Crippen MR) is 80.9 cm³/mol. The van der Waals surface area contributed by atoms with Crippen LogP contribution in [0.2, 0.25) is 0 Å². The molecular weight excluding hydrogens is 290 g/mol. The van der Waals surface area contributed by atoms with Crippen LogP contribution in [0.5, 0.6) is 5.75 Å². The largest absolute Gasteiger partial charge is 0.435 e. The number of alkyl halides is 2. The Bertz CT molecular complexity index is 497. The summed E-state index contributed by atoms with van der Waals surface area (Å²) in [7, 11) is 4.16. The Morgan fingerprint density at radius 1 is 1.27 bits per heavy atom. The van der Waals surface area contributed by atoms with Gasteiger partial charge in [-0.2, -0.15) is 8.78 Å². The number of benzene rings is 1. The van der Waals surface area contributed by atoms with E-state index in [1.165, 1.54) is 37.8 Å². The lowest BCUT2D eigenvalue weighted by molar-refractivity contribution is -0.906. The number of nitrogens with zero attached hydrogens (tertiary/aromatic N) is 1. The Balaban J connectivity index is 1.88. The van der Waals surface area contributed by atoms with E-state index in [1.807, 2.05) is 0 Å². The number of likely N-dealkylation sites (N-methyl/N-ethyl adjacent to an activating group) is 1. The molecule has 1 aliphatic rings. The Morgan fingerprint density at radius 2 is 1.86 bits per heavy atom. The smallest absolute Gasteiger partial charge is 0.387 e. The first-order valence-corrected chi connectivity index (χ1v) is 7.54. The molecule has 1 amide bonds. The van der Waals surface area contributed by atoms with E-state index in [1.54, 1.807) is 12.1 Å². The number of nitrogens with one attached hydrogen (secondary N) is 1. The van der Waals surface area contributed by atoms with Crippen molar-refractivity contribution in [1.82, 2.24) is 0 Å². The van der Waals surface area contributed by atoms with Crippen LogP contribution in [0.1, 0.15) is 25.7 Å². The van der Waals surface area contributed by atoms with Crippen molar-refractivity contribution in [3.63, 3.8) is 0 Å². The summed E-state index contributed by atoms with van der Waals surface area (Å²) < 4.78 is 29.1. The highest BCUT2D eigenvalue weighted by molar-refractivity contribution is 5.91. The van der Waals surface area contributed by atoms with Crippen LogP contribution < -0.4 is 10.1 Å². The summed E-state index contributed by atoms with van der Waals surface area (Å²) in [5.74, 6) is 0.00879. The first-order valence-electron chi connectivity index (χ1n) is 7.54. The molecule has 1 aliphatic carbocycles. The molecule has 22 heavy (non-hydrogen) atoms. The van der Waals surface area contributed by atoms with Crippen LogP contribution in [0.3, 0.4) is 0 Å². The lowest BCUT2D eigenvalue weighted by Crippen LogP contribution is -2.51. The van der Waals surface area contributed by atoms with Crippen molar-refractivity contribution in [3.8, 4) is 5.75 Å². The van der Waals surface area contributed by atoms with Gasteiger partial charge in [0.2, 0.25) is 0 Å². The van der Waals surface area contributed by atoms with Crippen LogP contribution >= 0.6 is 0 Å². The molecule has 0 radical (unpaired) electrons. The van der Waals surface area contributed by atoms with Crippen LogP contribution in [-0.2, 0) is 4.79 Å². The van der Waals surface area contributed by atoms with Crippen molar-refractivity contribution in [2.45, 2.75) is 38.3 Å². The molecule has 0 spiro atoms. The van der Waals surface area contributed by atoms with Crippen LogP contribution in [-0.4, -0.2) is 43.7 Å². The molecule has 0 bridgehead atoms. The maximum atomic E-state index is 12.2. The first kappa shape index (κ1) is 16.7. The maximum absolute atomic E-state index is 12.2. The van der Waals surface area contributed by atoms with E-state index < -0.39 is 6.61 Å². The molecule has 1 N–H and O–H groups in total. The molecule has 4 nitrogen and oxygen atoms in total. The van der Waals surface area contributed by atoms with Crippen LogP contribution in [0, 0.1) is 0 Å². The predicted octanol–water partition coefficient (Wildman–Crippen LogP) is 3.25. The van der Waals surface area contributed by atoms with Gasteiger partial charge in [0, 0.05) is 5.69 Å². The van der Waals surface area contributed by atoms with Gasteiger partial charge >= 0.3 is 6.61 Å². The Kier molecular flexibility index (Phi) is 5.34. The summed E-state index contributed by atoms with van der Waals surface area (Å²) in [5, 5.41) is 2.80. The number of carbonyl (C=O) groups is 1. The molecule has 0 heterocycles. The molecule has 122 valence electrons. The first-order chi connectivity index (χ1) is 10.4. The van der Waals surface area contributed by atoms with E-state index in [0.29, 0.717) is 22.8 Å². The minimum atomic E-state index is -2.84. The SMILES string of the molecule is C[N+](C)(CC(=O)Nc1ccc(OC(F)F)cc1)C1CCCC1. The molecule has 0 aromatic heterocycles. The molecule has 6 heteroatoms. The van der Waals surface area contributed by atoms with E-state index in [2.05, 4.69) is 24.1 Å². The number of rotatable bonds is 6. The fourth-order valence-electron chi connectivity index (χ4n) is 3.02. The van der Waals surface area contributed by atoms with Crippen molar-refractivity contribution >= 4 is 11.6 Å². The zero-order chi connectivity index (χ0) is 16.2. The quantitative estimate of drug-likeness (QED) is 0.819. The lowest BCUT2D eigenvalue weighted by Gasteiger charge is -2.35. The van der Waals surface area contributed by atoms with Gasteiger partial charge in [-0.1, -0.05) is 0 Å². The average Bonchev–Trinajstić information content (AvgIpc) is 2.94. The molecule has 0 unspecified atom stereocenters. The summed E-state index contributed by atoms with van der Waals surface area (Å²) in [6.07, 6.45) is 4.80. The highest BCUT2D eigenvalue weighted by Crippen LogP contribution is 2.26. The van der Waals surface area contributed by atoms with Gasteiger partial charge in [-0.05, 0) is 49.9 Å². The minimum absolute atomic E-state index is 0.0700. The van der Waals surface area contributed by atoms with Crippen molar-refractivity contribution in [3.05, 3.63) is 24.3 Å². The number of amides is 1. The topological polar surface area (TPSA) is 38.3 Å². The van der Waals surface area contributed by atoms with Gasteiger partial charge in [0.05, 0.1) is 20.1 Å². The fourth-order valence-corrected chi connectivity index (χ4v) is 3.02. The second-order valence-corrected chi connectivity index (χ2v) is 6.33. The van der Waals surface area contributed by atoms with E-state index in [0.717, 1.165) is 0 Å². The van der Waals surface area contributed by atoms with Crippen molar-refractivity contribution in [2.75, 3.05) is 26.0 Å². The summed E-state index contributed by atoms with van der Waals surface area (Å²) in [6.45, 7) is -2.44. The molecule has 1 aromatic carbocycles. The van der Waals surface area contributed by atoms with Gasteiger partial charge in [0.1, 0.15) is 5.75 Å². The molecule has 0 atom stereocenters. The van der Waals surface area contributed by atoms with Crippen LogP contribution in [0.25, 0.3) is 0 Å². The van der Waals surface area contributed by atoms with Crippen molar-refractivity contribution < 1.29 is 22.8 Å². The third-order valence-corrected chi connectivity index (χ3v) is 4.23. The molecule has 1 fully saturated rings. The van der Waals surface area contributed by atoms with E-state index in [-0.39, 0.29) is 11.7 Å². The zero-order valence-corrected chi connectivity index (χ0v) is 13.0. The Hall–Kier alpha value is -1.69. The molecule has 1 saturated carbocycles. The van der Waals surface area contributed by atoms with Crippen LogP contribution in [0.15, 0.2) is 24.3 Å². The van der Waals surface area contributed by atoms with E-state index in [9.17, 15) is 13.6 Å². The number of anilines is 1. The number of halogens is 2. The normalized spacial score (nSPS) is 16.0. The van der Waals surface area contributed by atoms with Gasteiger partial charge in [-0.3, -0.25) is 4.79 Å². The lowest BCUT2D eigenvalue weighted by atomic mass is 10.2. The van der Waals surface area contributed by atoms with Gasteiger partial charge in [-0.25, -0.2) is 0 Å². The number of ether oxygens (including phenoxy) is 1. The van der Waals surface area contributed by atoms with Gasteiger partial charge in [0.25, 0.3) is 5.91 Å². The number of hydrogen-bond donors (Lipinski definition) is 1. The number of carbonyl (C=O) groups excluding carboxylic acids is 1. The molecule has 0 aliphatic heterocycles. The highest BCUT2D eigenvalue weighted by Gasteiger charge is 2.32. The third-order valence-electron chi connectivity index (χ3n) is 4.23. The Labute approximate surface area is 129 Å². The summed E-state index contributed by atoms with van der Waals surface area (Å²) in [6, 6.07) is 6.49. The summed E-state index contributed by atoms with van der Waals surface area (Å²) in [4.78, 5) is 12.2. The standard InChI is InChI=1S/C16H22F2N2O2/c1-20(2,13-5-3-4-6-13)11-15(21)19-12-7-9-14(10-8-12)22-16(17)18/h7-10,13,16H,3-6,11H2,1-2H3/p+1. The average molecular weight is 313 g/mol. The summed E-state index contributed by atoms with van der Waals surface area (Å²) in [5.41, 5.74) is 0.582. The molecular formula is C16H23F2N2O2+. The van der Waals surface area contributed by atoms with Crippen molar-refractivity contribution in [1.29, 1.82) is 0 Å². The van der Waals surface area contributed by atoms with E-state index >= 15 is 0 Å². The third kappa shape index (κ3) is 4.66. The summed E-state index contributed by atoms with van der Waals surface area (Å²) >= 11 is 0. The monoisotopic (exact) mass is 313 g/mol. The Morgan fingerprint density at radius 3 is 2.41 bits per heavy atom. The fraction of sp³-hybridized carbons (Fsp3) is 0.562. The van der Waals surface area contributed by atoms with Crippen molar-refractivity contribution in [2.24, 2.45) is 0 Å². The van der Waals surface area contributed by atoms with E-state index in [4.69, 9.17) is 0 Å². The number of quaternary nitrogens is 1. The maximum Gasteiger partial charge on any atom is 0.387 e. The van der Waals surface area contributed by atoms with Crippen LogP contribution in [0.4, 0.5) is 14.5 Å². The molecule has 2 rings (SSSR count). The van der Waals surface area contributed by atoms with Gasteiger partial charge in [-0.15, -0.1) is 0 Å². The second-order valence-electron chi connectivity index (χ2n) is 6.33. The molecule has 1 aromatic rings. The second kappa shape index (κ2) is 7.05. The molecule has 0 saturated heterocycles.